The molecule has 6 nitrogen and oxygen atoms in total. The van der Waals surface area contributed by atoms with E-state index in [0.717, 1.165) is 22.4 Å². The first-order valence-corrected chi connectivity index (χ1v) is 11.8. The highest BCUT2D eigenvalue weighted by Gasteiger charge is 2.35. The molecule has 1 amide bonds. The van der Waals surface area contributed by atoms with Crippen molar-refractivity contribution in [3.05, 3.63) is 94.5 Å². The van der Waals surface area contributed by atoms with E-state index in [1.165, 1.54) is 11.1 Å². The standard InChI is InChI=1S/C29H33N3O3/c1-20-11-12-23(15-21(20)2)26-17-27(25-16-24(34-4)13-14-28(25)35-5)32(30-26)29(33)19-31(3)18-22-9-7-6-8-10-22/h6-16,27H,17-19H2,1-5H3. The normalized spacial score (nSPS) is 15.3. The molecule has 0 aliphatic carbocycles. The third-order valence-corrected chi connectivity index (χ3v) is 6.50. The number of methoxy groups -OCH3 is 2. The lowest BCUT2D eigenvalue weighted by molar-refractivity contribution is -0.134. The van der Waals surface area contributed by atoms with Gasteiger partial charge in [0, 0.05) is 18.5 Å². The van der Waals surface area contributed by atoms with E-state index in [1.807, 2.05) is 48.3 Å². The molecule has 1 unspecified atom stereocenters. The van der Waals surface area contributed by atoms with Gasteiger partial charge in [-0.15, -0.1) is 0 Å². The monoisotopic (exact) mass is 471 g/mol. The second-order valence-corrected chi connectivity index (χ2v) is 9.07. The highest BCUT2D eigenvalue weighted by atomic mass is 16.5. The summed E-state index contributed by atoms with van der Waals surface area (Å²) in [6.45, 7) is 5.12. The Hall–Kier alpha value is -3.64. The van der Waals surface area contributed by atoms with Crippen molar-refractivity contribution >= 4 is 11.6 Å². The smallest absolute Gasteiger partial charge is 0.257 e. The number of rotatable bonds is 8. The lowest BCUT2D eigenvalue weighted by Gasteiger charge is -2.26. The predicted molar refractivity (Wildman–Crippen MR) is 139 cm³/mol. The van der Waals surface area contributed by atoms with E-state index in [2.05, 4.69) is 44.2 Å². The Balaban J connectivity index is 1.65. The van der Waals surface area contributed by atoms with Gasteiger partial charge in [-0.2, -0.15) is 5.10 Å². The average molecular weight is 472 g/mol. The van der Waals surface area contributed by atoms with Gasteiger partial charge in [0.05, 0.1) is 32.5 Å². The third-order valence-electron chi connectivity index (χ3n) is 6.50. The summed E-state index contributed by atoms with van der Waals surface area (Å²) in [6.07, 6.45) is 0.597. The van der Waals surface area contributed by atoms with Gasteiger partial charge in [-0.1, -0.05) is 42.5 Å². The van der Waals surface area contributed by atoms with Gasteiger partial charge >= 0.3 is 0 Å². The molecular weight excluding hydrogens is 438 g/mol. The number of nitrogens with zero attached hydrogens (tertiary/aromatic N) is 3. The molecule has 0 aromatic heterocycles. The maximum absolute atomic E-state index is 13.6. The second-order valence-electron chi connectivity index (χ2n) is 9.07. The second kappa shape index (κ2) is 10.7. The fraction of sp³-hybridized carbons (Fsp3) is 0.310. The lowest BCUT2D eigenvalue weighted by Crippen LogP contribution is -2.36. The Kier molecular flexibility index (Phi) is 7.51. The highest BCUT2D eigenvalue weighted by molar-refractivity contribution is 6.03. The molecule has 0 bridgehead atoms. The van der Waals surface area contributed by atoms with Crippen LogP contribution in [0.4, 0.5) is 0 Å². The first-order chi connectivity index (χ1) is 16.9. The van der Waals surface area contributed by atoms with E-state index in [9.17, 15) is 4.79 Å². The fourth-order valence-corrected chi connectivity index (χ4v) is 4.43. The van der Waals surface area contributed by atoms with Gasteiger partial charge in [0.1, 0.15) is 11.5 Å². The zero-order valence-corrected chi connectivity index (χ0v) is 21.1. The summed E-state index contributed by atoms with van der Waals surface area (Å²) in [7, 11) is 5.24. The molecule has 3 aromatic carbocycles. The van der Waals surface area contributed by atoms with E-state index in [4.69, 9.17) is 14.6 Å². The minimum atomic E-state index is -0.283. The van der Waals surface area contributed by atoms with Crippen LogP contribution in [0.3, 0.4) is 0 Å². The summed E-state index contributed by atoms with van der Waals surface area (Å²) in [5.74, 6) is 1.37. The van der Waals surface area contributed by atoms with E-state index in [-0.39, 0.29) is 18.5 Å². The molecule has 0 saturated heterocycles. The predicted octanol–water partition coefficient (Wildman–Crippen LogP) is 5.13. The molecular formula is C29H33N3O3. The van der Waals surface area contributed by atoms with Gasteiger partial charge in [0.25, 0.3) is 5.91 Å². The molecule has 0 saturated carbocycles. The lowest BCUT2D eigenvalue weighted by atomic mass is 9.95. The van der Waals surface area contributed by atoms with Crippen LogP contribution in [0.25, 0.3) is 0 Å². The molecule has 35 heavy (non-hydrogen) atoms. The van der Waals surface area contributed by atoms with Gasteiger partial charge in [0.2, 0.25) is 0 Å². The van der Waals surface area contributed by atoms with Crippen LogP contribution < -0.4 is 9.47 Å². The molecule has 4 rings (SSSR count). The van der Waals surface area contributed by atoms with Crippen molar-refractivity contribution in [3.8, 4) is 11.5 Å². The SMILES string of the molecule is COc1ccc(OC)c(C2CC(c3ccc(C)c(C)c3)=NN2C(=O)CN(C)Cc2ccccc2)c1. The van der Waals surface area contributed by atoms with Gasteiger partial charge in [0.15, 0.2) is 0 Å². The maximum Gasteiger partial charge on any atom is 0.257 e. The van der Waals surface area contributed by atoms with Crippen LogP contribution >= 0.6 is 0 Å². The summed E-state index contributed by atoms with van der Waals surface area (Å²) in [5, 5.41) is 6.48. The number of hydrazone groups is 1. The zero-order chi connectivity index (χ0) is 24.9. The van der Waals surface area contributed by atoms with Crippen molar-refractivity contribution in [1.82, 2.24) is 9.91 Å². The van der Waals surface area contributed by atoms with Gasteiger partial charge in [-0.25, -0.2) is 5.01 Å². The fourth-order valence-electron chi connectivity index (χ4n) is 4.43. The summed E-state index contributed by atoms with van der Waals surface area (Å²) in [6, 6.07) is 21.9. The number of benzene rings is 3. The molecule has 1 aliphatic rings. The topological polar surface area (TPSA) is 54.4 Å². The van der Waals surface area contributed by atoms with E-state index in [0.29, 0.717) is 24.5 Å². The van der Waals surface area contributed by atoms with Crippen LogP contribution in [0.5, 0.6) is 11.5 Å². The Morgan fingerprint density at radius 2 is 1.77 bits per heavy atom. The van der Waals surface area contributed by atoms with Crippen LogP contribution in [-0.2, 0) is 11.3 Å². The Morgan fingerprint density at radius 3 is 2.46 bits per heavy atom. The van der Waals surface area contributed by atoms with Crippen molar-refractivity contribution in [2.24, 2.45) is 5.10 Å². The van der Waals surface area contributed by atoms with Gasteiger partial charge in [-0.3, -0.25) is 9.69 Å². The number of hydrogen-bond acceptors (Lipinski definition) is 5. The van der Waals surface area contributed by atoms with E-state index < -0.39 is 0 Å². The number of hydrogen-bond donors (Lipinski definition) is 0. The summed E-state index contributed by atoms with van der Waals surface area (Å²) >= 11 is 0. The third kappa shape index (κ3) is 5.54. The van der Waals surface area contributed by atoms with E-state index in [1.54, 1.807) is 19.2 Å². The Bertz CT molecular complexity index is 1220. The summed E-state index contributed by atoms with van der Waals surface area (Å²) < 4.78 is 11.1. The maximum atomic E-state index is 13.6. The number of ether oxygens (including phenoxy) is 2. The first-order valence-electron chi connectivity index (χ1n) is 11.8. The molecule has 1 aliphatic heterocycles. The largest absolute Gasteiger partial charge is 0.497 e. The van der Waals surface area contributed by atoms with Crippen LogP contribution in [-0.4, -0.2) is 49.3 Å². The minimum absolute atomic E-state index is 0.0582. The molecule has 1 atom stereocenters. The molecule has 0 fully saturated rings. The summed E-state index contributed by atoms with van der Waals surface area (Å²) in [4.78, 5) is 15.6. The van der Waals surface area contributed by atoms with Crippen LogP contribution in [0.15, 0.2) is 71.8 Å². The van der Waals surface area contributed by atoms with Crippen molar-refractivity contribution in [1.29, 1.82) is 0 Å². The van der Waals surface area contributed by atoms with Gasteiger partial charge < -0.3 is 9.47 Å². The number of aryl methyl sites for hydroxylation is 2. The first kappa shape index (κ1) is 24.5. The van der Waals surface area contributed by atoms with Gasteiger partial charge in [-0.05, 0) is 67.4 Å². The molecule has 182 valence electrons. The van der Waals surface area contributed by atoms with Crippen molar-refractivity contribution in [2.45, 2.75) is 32.9 Å². The van der Waals surface area contributed by atoms with Crippen molar-refractivity contribution < 1.29 is 14.3 Å². The van der Waals surface area contributed by atoms with Crippen LogP contribution in [0.1, 0.15) is 40.3 Å². The molecule has 0 spiro atoms. The van der Waals surface area contributed by atoms with Crippen LogP contribution in [0.2, 0.25) is 0 Å². The zero-order valence-electron chi connectivity index (χ0n) is 21.1. The summed E-state index contributed by atoms with van der Waals surface area (Å²) in [5.41, 5.74) is 6.40. The Morgan fingerprint density at radius 1 is 1.00 bits per heavy atom. The van der Waals surface area contributed by atoms with E-state index >= 15 is 0 Å². The molecule has 3 aromatic rings. The molecule has 0 N–H and O–H groups in total. The molecule has 0 radical (unpaired) electrons. The number of carbonyl (C=O) groups excluding carboxylic acids is 1. The quantitative estimate of drug-likeness (QED) is 0.457. The Labute approximate surface area is 207 Å². The van der Waals surface area contributed by atoms with Crippen molar-refractivity contribution in [3.63, 3.8) is 0 Å². The number of amides is 1. The number of likely N-dealkylation sites (N-methyl/N-ethyl adjacent to an activating group) is 1. The number of carbonyl (C=O) groups is 1. The molecule has 1 heterocycles. The average Bonchev–Trinajstić information content (AvgIpc) is 3.31. The highest BCUT2D eigenvalue weighted by Crippen LogP contribution is 2.39. The van der Waals surface area contributed by atoms with Crippen LogP contribution in [0, 0.1) is 13.8 Å². The minimum Gasteiger partial charge on any atom is -0.497 e. The molecule has 6 heteroatoms. The van der Waals surface area contributed by atoms with Crippen molar-refractivity contribution in [2.75, 3.05) is 27.8 Å².